The van der Waals surface area contributed by atoms with E-state index in [1.165, 1.54) is 17.0 Å². The molecule has 2 heterocycles. The van der Waals surface area contributed by atoms with Crippen molar-refractivity contribution in [3.8, 4) is 0 Å². The number of amides is 2. The van der Waals surface area contributed by atoms with Crippen LogP contribution in [0.4, 0.5) is 10.1 Å². The predicted molar refractivity (Wildman–Crippen MR) is 111 cm³/mol. The Labute approximate surface area is 175 Å². The van der Waals surface area contributed by atoms with Crippen LogP contribution >= 0.6 is 0 Å². The van der Waals surface area contributed by atoms with Crippen LogP contribution in [-0.2, 0) is 9.53 Å². The summed E-state index contributed by atoms with van der Waals surface area (Å²) in [4.78, 5) is 27.7. The van der Waals surface area contributed by atoms with Crippen molar-refractivity contribution in [2.24, 2.45) is 0 Å². The van der Waals surface area contributed by atoms with Gasteiger partial charge in [-0.2, -0.15) is 0 Å². The number of carbonyl (C=O) groups excluding carboxylic acids is 2. The fourth-order valence-electron chi connectivity index (χ4n) is 4.19. The Morgan fingerprint density at radius 3 is 2.43 bits per heavy atom. The lowest BCUT2D eigenvalue weighted by molar-refractivity contribution is -0.937. The van der Waals surface area contributed by atoms with E-state index in [0.29, 0.717) is 31.7 Å². The summed E-state index contributed by atoms with van der Waals surface area (Å²) in [6.07, 6.45) is 1.45. The smallest absolute Gasteiger partial charge is 0.251 e. The van der Waals surface area contributed by atoms with Crippen molar-refractivity contribution in [3.63, 3.8) is 0 Å². The molecule has 0 radical (unpaired) electrons. The van der Waals surface area contributed by atoms with E-state index in [1.54, 1.807) is 29.2 Å². The third-order valence-corrected chi connectivity index (χ3v) is 5.88. The normalized spacial score (nSPS) is 18.4. The molecule has 2 aliphatic rings. The lowest BCUT2D eigenvalue weighted by atomic mass is 10.0. The number of ether oxygens (including phenoxy) is 1. The van der Waals surface area contributed by atoms with Crippen LogP contribution in [0.3, 0.4) is 0 Å². The molecule has 30 heavy (non-hydrogen) atoms. The molecule has 2 N–H and O–H groups in total. The van der Waals surface area contributed by atoms with E-state index in [0.717, 1.165) is 37.3 Å². The number of hydrogen-bond donors (Lipinski definition) is 2. The number of benzene rings is 2. The number of morpholine rings is 1. The minimum Gasteiger partial charge on any atom is -0.370 e. The van der Waals surface area contributed by atoms with Crippen molar-refractivity contribution in [3.05, 3.63) is 65.5 Å². The third-order valence-electron chi connectivity index (χ3n) is 5.88. The van der Waals surface area contributed by atoms with Crippen LogP contribution in [0.2, 0.25) is 0 Å². The zero-order chi connectivity index (χ0) is 20.9. The molecule has 2 aromatic carbocycles. The molecule has 0 unspecified atom stereocenters. The molecule has 0 bridgehead atoms. The Balaban J connectivity index is 1.42. The molecule has 7 heteroatoms. The largest absolute Gasteiger partial charge is 0.370 e. The second-order valence-corrected chi connectivity index (χ2v) is 7.78. The molecule has 2 aliphatic heterocycles. The number of hydrogen-bond acceptors (Lipinski definition) is 3. The van der Waals surface area contributed by atoms with Crippen LogP contribution in [0.5, 0.6) is 0 Å². The minimum absolute atomic E-state index is 0.0277. The van der Waals surface area contributed by atoms with E-state index in [2.05, 4.69) is 5.32 Å². The van der Waals surface area contributed by atoms with Crippen LogP contribution in [0.1, 0.15) is 34.8 Å². The molecule has 0 aromatic heterocycles. The summed E-state index contributed by atoms with van der Waals surface area (Å²) in [7, 11) is 0. The number of anilines is 1. The van der Waals surface area contributed by atoms with E-state index in [9.17, 15) is 14.0 Å². The molecule has 0 aliphatic carbocycles. The van der Waals surface area contributed by atoms with Gasteiger partial charge in [0.2, 0.25) is 5.91 Å². The zero-order valence-corrected chi connectivity index (χ0v) is 16.9. The van der Waals surface area contributed by atoms with Gasteiger partial charge in [-0.3, -0.25) is 9.59 Å². The Hall–Kier alpha value is -2.77. The lowest BCUT2D eigenvalue weighted by Crippen LogP contribution is -3.15. The van der Waals surface area contributed by atoms with Crippen LogP contribution in [0.15, 0.2) is 48.5 Å². The molecule has 0 saturated carbocycles. The van der Waals surface area contributed by atoms with Crippen molar-refractivity contribution in [2.75, 3.05) is 44.3 Å². The Morgan fingerprint density at radius 2 is 1.80 bits per heavy atom. The van der Waals surface area contributed by atoms with Crippen LogP contribution < -0.4 is 15.1 Å². The first-order chi connectivity index (χ1) is 14.6. The summed E-state index contributed by atoms with van der Waals surface area (Å²) in [5.74, 6) is -0.299. The summed E-state index contributed by atoms with van der Waals surface area (Å²) < 4.78 is 18.8. The number of halogens is 1. The highest BCUT2D eigenvalue weighted by Gasteiger charge is 2.27. The minimum atomic E-state index is -0.268. The van der Waals surface area contributed by atoms with Crippen LogP contribution in [-0.4, -0.2) is 51.2 Å². The van der Waals surface area contributed by atoms with Gasteiger partial charge in [0.25, 0.3) is 5.91 Å². The van der Waals surface area contributed by atoms with Crippen molar-refractivity contribution in [1.82, 2.24) is 5.32 Å². The second kappa shape index (κ2) is 9.36. The SMILES string of the molecule is O=C(NC[C@@H](c1ccc(F)cc1)[NH+]1CCOCC1)c1ccc(N2CCCC2=O)cc1. The van der Waals surface area contributed by atoms with Gasteiger partial charge < -0.3 is 19.9 Å². The predicted octanol–water partition coefficient (Wildman–Crippen LogP) is 1.34. The number of quaternary nitrogens is 1. The average Bonchev–Trinajstić information content (AvgIpc) is 3.21. The Bertz CT molecular complexity index is 880. The van der Waals surface area contributed by atoms with Gasteiger partial charge in [-0.15, -0.1) is 0 Å². The van der Waals surface area contributed by atoms with E-state index in [1.807, 2.05) is 12.1 Å². The van der Waals surface area contributed by atoms with E-state index in [-0.39, 0.29) is 23.7 Å². The molecule has 0 spiro atoms. The number of carbonyl (C=O) groups is 2. The molecule has 1 atom stereocenters. The van der Waals surface area contributed by atoms with Gasteiger partial charge in [0.1, 0.15) is 24.9 Å². The standard InChI is InChI=1S/C23H26FN3O3/c24-19-7-3-17(4-8-19)21(26-12-14-30-15-13-26)16-25-23(29)18-5-9-20(10-6-18)27-11-1-2-22(27)28/h3-10,21H,1-2,11-16H2,(H,25,29)/p+1/t21-/m0/s1. The summed E-state index contributed by atoms with van der Waals surface area (Å²) in [5.41, 5.74) is 2.38. The first kappa shape index (κ1) is 20.5. The topological polar surface area (TPSA) is 63.1 Å². The summed E-state index contributed by atoms with van der Waals surface area (Å²) in [6, 6.07) is 13.7. The highest BCUT2D eigenvalue weighted by Crippen LogP contribution is 2.21. The highest BCUT2D eigenvalue weighted by molar-refractivity contribution is 5.97. The summed E-state index contributed by atoms with van der Waals surface area (Å²) in [6.45, 7) is 4.22. The molecular formula is C23H27FN3O3+. The zero-order valence-electron chi connectivity index (χ0n) is 16.9. The van der Waals surface area contributed by atoms with Gasteiger partial charge >= 0.3 is 0 Å². The summed E-state index contributed by atoms with van der Waals surface area (Å²) in [5, 5.41) is 3.03. The van der Waals surface area contributed by atoms with Gasteiger partial charge in [-0.1, -0.05) is 12.1 Å². The average molecular weight is 412 g/mol. The van der Waals surface area contributed by atoms with Crippen LogP contribution in [0, 0.1) is 5.82 Å². The number of nitrogens with one attached hydrogen (secondary N) is 2. The van der Waals surface area contributed by atoms with Crippen LogP contribution in [0.25, 0.3) is 0 Å². The molecule has 158 valence electrons. The monoisotopic (exact) mass is 412 g/mol. The fraction of sp³-hybridized carbons (Fsp3) is 0.391. The van der Waals surface area contributed by atoms with Gasteiger partial charge in [0.15, 0.2) is 0 Å². The lowest BCUT2D eigenvalue weighted by Gasteiger charge is -2.32. The maximum Gasteiger partial charge on any atom is 0.251 e. The second-order valence-electron chi connectivity index (χ2n) is 7.78. The van der Waals surface area contributed by atoms with E-state index < -0.39 is 0 Å². The van der Waals surface area contributed by atoms with Gasteiger partial charge in [-0.05, 0) is 42.8 Å². The Morgan fingerprint density at radius 1 is 1.10 bits per heavy atom. The molecule has 6 nitrogen and oxygen atoms in total. The van der Waals surface area contributed by atoms with E-state index in [4.69, 9.17) is 4.74 Å². The molecule has 2 saturated heterocycles. The molecular weight excluding hydrogens is 385 g/mol. The fourth-order valence-corrected chi connectivity index (χ4v) is 4.19. The van der Waals surface area contributed by atoms with Gasteiger partial charge in [0, 0.05) is 29.8 Å². The maximum absolute atomic E-state index is 13.4. The van der Waals surface area contributed by atoms with E-state index >= 15 is 0 Å². The first-order valence-electron chi connectivity index (χ1n) is 10.5. The molecule has 4 rings (SSSR count). The third kappa shape index (κ3) is 4.68. The summed E-state index contributed by atoms with van der Waals surface area (Å²) >= 11 is 0. The van der Waals surface area contributed by atoms with Crippen molar-refractivity contribution < 1.29 is 23.6 Å². The highest BCUT2D eigenvalue weighted by atomic mass is 19.1. The van der Waals surface area contributed by atoms with Gasteiger partial charge in [-0.25, -0.2) is 4.39 Å². The quantitative estimate of drug-likeness (QED) is 0.753. The number of rotatable bonds is 6. The van der Waals surface area contributed by atoms with Crippen molar-refractivity contribution in [1.29, 1.82) is 0 Å². The first-order valence-corrected chi connectivity index (χ1v) is 10.5. The van der Waals surface area contributed by atoms with Crippen molar-refractivity contribution in [2.45, 2.75) is 18.9 Å². The number of nitrogens with zero attached hydrogens (tertiary/aromatic N) is 1. The Kier molecular flexibility index (Phi) is 6.40. The maximum atomic E-state index is 13.4. The van der Waals surface area contributed by atoms with Crippen molar-refractivity contribution >= 4 is 17.5 Å². The molecule has 2 aromatic rings. The molecule has 2 fully saturated rings. The van der Waals surface area contributed by atoms with Gasteiger partial charge in [0.05, 0.1) is 19.8 Å². The molecule has 2 amide bonds.